The molecular formula is C24H21F3N2O6S. The van der Waals surface area contributed by atoms with E-state index in [0.29, 0.717) is 10.9 Å². The molecule has 190 valence electrons. The number of aliphatic carboxylic acids is 1. The first kappa shape index (κ1) is 25.5. The fourth-order valence-corrected chi connectivity index (χ4v) is 5.54. The van der Waals surface area contributed by atoms with Crippen LogP contribution in [0.1, 0.15) is 15.9 Å². The number of nitrogens with zero attached hydrogens (tertiary/aromatic N) is 2. The number of alkyl halides is 3. The molecular weight excluding hydrogens is 501 g/mol. The number of carbonyl (C=O) groups is 2. The topological polar surface area (TPSA) is 104 Å². The number of halogens is 3. The molecule has 1 fully saturated rings. The Hall–Kier alpha value is -3.64. The molecule has 1 heterocycles. The van der Waals surface area contributed by atoms with E-state index in [4.69, 9.17) is 0 Å². The Bertz CT molecular complexity index is 1400. The number of carboxylic acid groups (broad SMARTS) is 1. The highest BCUT2D eigenvalue weighted by molar-refractivity contribution is 7.89. The summed E-state index contributed by atoms with van der Waals surface area (Å²) in [7, 11) is -3.75. The summed E-state index contributed by atoms with van der Waals surface area (Å²) in [5.74, 6) is -2.20. The van der Waals surface area contributed by atoms with Crippen LogP contribution >= 0.6 is 0 Å². The van der Waals surface area contributed by atoms with Gasteiger partial charge in [-0.25, -0.2) is 8.42 Å². The summed E-state index contributed by atoms with van der Waals surface area (Å²) in [5, 5.41) is 9.72. The van der Waals surface area contributed by atoms with Gasteiger partial charge in [-0.15, -0.1) is 13.2 Å². The van der Waals surface area contributed by atoms with Crippen molar-refractivity contribution in [2.45, 2.75) is 17.7 Å². The number of hydrogen-bond donors (Lipinski definition) is 1. The maximum Gasteiger partial charge on any atom is 0.573 e. The van der Waals surface area contributed by atoms with Crippen LogP contribution in [0.4, 0.5) is 13.2 Å². The minimum Gasteiger partial charge on any atom is -0.481 e. The lowest BCUT2D eigenvalue weighted by molar-refractivity contribution is -0.274. The maximum absolute atomic E-state index is 13.4. The van der Waals surface area contributed by atoms with Crippen LogP contribution in [0.2, 0.25) is 0 Å². The molecule has 0 unspecified atom stereocenters. The van der Waals surface area contributed by atoms with Crippen LogP contribution in [0.25, 0.3) is 10.8 Å². The van der Waals surface area contributed by atoms with E-state index in [2.05, 4.69) is 4.74 Å². The Labute approximate surface area is 204 Å². The van der Waals surface area contributed by atoms with E-state index >= 15 is 0 Å². The quantitative estimate of drug-likeness (QED) is 0.532. The lowest BCUT2D eigenvalue weighted by Crippen LogP contribution is -2.50. The normalized spacial score (nSPS) is 15.1. The second-order valence-corrected chi connectivity index (χ2v) is 10.1. The minimum atomic E-state index is -4.93. The molecule has 0 aliphatic carbocycles. The van der Waals surface area contributed by atoms with E-state index in [9.17, 15) is 36.3 Å². The van der Waals surface area contributed by atoms with Crippen molar-refractivity contribution < 1.29 is 41.0 Å². The van der Waals surface area contributed by atoms with Gasteiger partial charge in [0.05, 0.1) is 11.3 Å². The Morgan fingerprint density at radius 1 is 0.944 bits per heavy atom. The summed E-state index contributed by atoms with van der Waals surface area (Å²) in [4.78, 5) is 26.2. The highest BCUT2D eigenvalue weighted by Crippen LogP contribution is 2.30. The molecule has 1 N–H and O–H groups in total. The molecule has 3 aromatic carbocycles. The average Bonchev–Trinajstić information content (AvgIpc) is 2.82. The molecule has 36 heavy (non-hydrogen) atoms. The predicted octanol–water partition coefficient (Wildman–Crippen LogP) is 3.51. The van der Waals surface area contributed by atoms with E-state index in [1.807, 2.05) is 0 Å². The minimum absolute atomic E-state index is 0.00995. The second-order valence-electron chi connectivity index (χ2n) is 8.15. The second kappa shape index (κ2) is 9.78. The van der Waals surface area contributed by atoms with Crippen molar-refractivity contribution in [3.05, 3.63) is 71.8 Å². The molecule has 0 bridgehead atoms. The lowest BCUT2D eigenvalue weighted by Gasteiger charge is -2.34. The first-order valence-corrected chi connectivity index (χ1v) is 12.3. The van der Waals surface area contributed by atoms with Crippen LogP contribution in [-0.2, 0) is 21.2 Å². The number of carbonyl (C=O) groups excluding carboxylic acids is 1. The smallest absolute Gasteiger partial charge is 0.481 e. The summed E-state index contributed by atoms with van der Waals surface area (Å²) < 4.78 is 69.2. The van der Waals surface area contributed by atoms with Gasteiger partial charge in [0.2, 0.25) is 10.0 Å². The predicted molar refractivity (Wildman–Crippen MR) is 123 cm³/mol. The number of hydrogen-bond acceptors (Lipinski definition) is 5. The number of sulfonamides is 1. The molecule has 1 aliphatic heterocycles. The van der Waals surface area contributed by atoms with Crippen molar-refractivity contribution >= 4 is 32.7 Å². The fourth-order valence-electron chi connectivity index (χ4n) is 4.09. The molecule has 3 aromatic rings. The fraction of sp³-hybridized carbons (Fsp3) is 0.250. The zero-order valence-corrected chi connectivity index (χ0v) is 19.6. The van der Waals surface area contributed by atoms with Crippen LogP contribution < -0.4 is 4.74 Å². The molecule has 0 atom stereocenters. The van der Waals surface area contributed by atoms with Gasteiger partial charge in [-0.2, -0.15) is 4.31 Å². The van der Waals surface area contributed by atoms with Crippen molar-refractivity contribution in [2.75, 3.05) is 26.2 Å². The van der Waals surface area contributed by atoms with Gasteiger partial charge < -0.3 is 14.7 Å². The Kier molecular flexibility index (Phi) is 6.92. The zero-order valence-electron chi connectivity index (χ0n) is 18.7. The highest BCUT2D eigenvalue weighted by Gasteiger charge is 2.33. The van der Waals surface area contributed by atoms with Crippen molar-refractivity contribution in [1.82, 2.24) is 9.21 Å². The van der Waals surface area contributed by atoms with Gasteiger partial charge in [-0.05, 0) is 46.7 Å². The molecule has 0 radical (unpaired) electrons. The summed E-state index contributed by atoms with van der Waals surface area (Å²) >= 11 is 0. The van der Waals surface area contributed by atoms with Crippen molar-refractivity contribution in [3.8, 4) is 5.75 Å². The number of fused-ring (bicyclic) bond motifs is 1. The maximum atomic E-state index is 13.4. The number of amides is 1. The molecule has 0 aromatic heterocycles. The number of carboxylic acids is 1. The third-order valence-electron chi connectivity index (χ3n) is 5.71. The molecule has 1 saturated heterocycles. The largest absolute Gasteiger partial charge is 0.573 e. The third-order valence-corrected chi connectivity index (χ3v) is 7.62. The van der Waals surface area contributed by atoms with Gasteiger partial charge >= 0.3 is 12.3 Å². The standard InChI is InChI=1S/C24H21F3N2O6S/c25-24(26,27)35-18-7-6-17-12-16(14-22(30)31)13-21(20(17)15-18)23(32)28-8-10-29(11-9-28)36(33,34)19-4-2-1-3-5-19/h1-7,12-13,15H,8-11,14H2,(H,30,31). The zero-order chi connectivity index (χ0) is 26.1. The SMILES string of the molecule is O=C(O)Cc1cc(C(=O)N2CCN(S(=O)(=O)c3ccccc3)CC2)c2cc(OC(F)(F)F)ccc2c1. The highest BCUT2D eigenvalue weighted by atomic mass is 32.2. The van der Waals surface area contributed by atoms with Crippen molar-refractivity contribution in [2.24, 2.45) is 0 Å². The van der Waals surface area contributed by atoms with E-state index in [1.54, 1.807) is 18.2 Å². The van der Waals surface area contributed by atoms with Crippen LogP contribution in [0.3, 0.4) is 0 Å². The molecule has 12 heteroatoms. The first-order chi connectivity index (χ1) is 16.9. The van der Waals surface area contributed by atoms with Crippen LogP contribution in [-0.4, -0.2) is 67.1 Å². The molecule has 1 amide bonds. The average molecular weight is 523 g/mol. The van der Waals surface area contributed by atoms with Crippen molar-refractivity contribution in [3.63, 3.8) is 0 Å². The molecule has 4 rings (SSSR count). The first-order valence-electron chi connectivity index (χ1n) is 10.8. The van der Waals surface area contributed by atoms with Gasteiger partial charge in [0, 0.05) is 31.7 Å². The number of ether oxygens (including phenoxy) is 1. The summed E-state index contributed by atoms with van der Waals surface area (Å²) in [6.45, 7) is 0.152. The number of piperazine rings is 1. The van der Waals surface area contributed by atoms with E-state index < -0.39 is 34.0 Å². The van der Waals surface area contributed by atoms with E-state index in [0.717, 1.165) is 12.1 Å². The monoisotopic (exact) mass is 522 g/mol. The van der Waals surface area contributed by atoms with E-state index in [-0.39, 0.29) is 48.4 Å². The summed E-state index contributed by atoms with van der Waals surface area (Å²) in [6.07, 6.45) is -5.32. The van der Waals surface area contributed by atoms with Crippen LogP contribution in [0.15, 0.2) is 65.6 Å². The van der Waals surface area contributed by atoms with Gasteiger partial charge in [0.25, 0.3) is 5.91 Å². The molecule has 0 saturated carbocycles. The molecule has 0 spiro atoms. The van der Waals surface area contributed by atoms with Gasteiger partial charge in [0.15, 0.2) is 0 Å². The van der Waals surface area contributed by atoms with Crippen LogP contribution in [0.5, 0.6) is 5.75 Å². The summed E-state index contributed by atoms with van der Waals surface area (Å²) in [5.41, 5.74) is 0.309. The Balaban J connectivity index is 1.63. The number of benzene rings is 3. The third kappa shape index (κ3) is 5.60. The lowest BCUT2D eigenvalue weighted by atomic mass is 9.98. The number of rotatable bonds is 6. The van der Waals surface area contributed by atoms with E-state index in [1.165, 1.54) is 39.5 Å². The van der Waals surface area contributed by atoms with Crippen molar-refractivity contribution in [1.29, 1.82) is 0 Å². The molecule has 8 nitrogen and oxygen atoms in total. The van der Waals surface area contributed by atoms with Gasteiger partial charge in [-0.1, -0.05) is 30.3 Å². The van der Waals surface area contributed by atoms with Gasteiger partial charge in [0.1, 0.15) is 5.75 Å². The van der Waals surface area contributed by atoms with Gasteiger partial charge in [-0.3, -0.25) is 9.59 Å². The Morgan fingerprint density at radius 2 is 1.61 bits per heavy atom. The summed E-state index contributed by atoms with van der Waals surface area (Å²) in [6, 6.07) is 14.2. The Morgan fingerprint density at radius 3 is 2.22 bits per heavy atom. The van der Waals surface area contributed by atoms with Crippen LogP contribution in [0, 0.1) is 0 Å². The molecule has 1 aliphatic rings.